The van der Waals surface area contributed by atoms with E-state index in [1.807, 2.05) is 51.2 Å². The number of hydrogen-bond acceptors (Lipinski definition) is 4. The summed E-state index contributed by atoms with van der Waals surface area (Å²) in [7, 11) is 0. The number of carboxylic acids is 1. The molecule has 24 heavy (non-hydrogen) atoms. The first-order chi connectivity index (χ1) is 10.8. The van der Waals surface area contributed by atoms with Gasteiger partial charge in [0.15, 0.2) is 0 Å². The molecular weight excluding hydrogens is 662 g/mol. The molecule has 122 valence electrons. The Labute approximate surface area is 202 Å². The molecule has 0 saturated heterocycles. The molecule has 0 amide bonds. The van der Waals surface area contributed by atoms with Crippen molar-refractivity contribution in [2.75, 3.05) is 0 Å². The molecule has 0 aromatic heterocycles. The Morgan fingerprint density at radius 3 is 2.38 bits per heavy atom. The second-order valence-electron chi connectivity index (χ2n) is 4.65. The summed E-state index contributed by atoms with van der Waals surface area (Å²) in [6.07, 6.45) is 0. The Bertz CT molecular complexity index is 745. The predicted molar refractivity (Wildman–Crippen MR) is 110 cm³/mol. The molecule has 0 saturated carbocycles. The molecule has 0 fully saturated rings. The molecular formula is C15H11I3NNaO4. The van der Waals surface area contributed by atoms with Crippen molar-refractivity contribution in [1.29, 1.82) is 0 Å². The van der Waals surface area contributed by atoms with E-state index in [4.69, 9.17) is 15.6 Å². The monoisotopic (exact) mass is 673 g/mol. The van der Waals surface area contributed by atoms with Gasteiger partial charge in [-0.15, -0.1) is 0 Å². The van der Waals surface area contributed by atoms with Gasteiger partial charge < -0.3 is 20.7 Å². The zero-order valence-corrected chi connectivity index (χ0v) is 21.0. The van der Waals surface area contributed by atoms with Crippen molar-refractivity contribution in [1.82, 2.24) is 0 Å². The van der Waals surface area contributed by atoms with E-state index in [0.29, 0.717) is 15.1 Å². The summed E-state index contributed by atoms with van der Waals surface area (Å²) in [4.78, 5) is 11.0. The normalized spacial score (nSPS) is 12.8. The first-order valence-corrected chi connectivity index (χ1v) is 9.76. The van der Waals surface area contributed by atoms with Crippen LogP contribution in [0.3, 0.4) is 0 Å². The molecule has 2 rings (SSSR count). The summed E-state index contributed by atoms with van der Waals surface area (Å²) in [6, 6.07) is 9.21. The number of carbonyl (C=O) groups is 1. The van der Waals surface area contributed by atoms with E-state index in [1.54, 1.807) is 24.3 Å². The van der Waals surface area contributed by atoms with E-state index in [0.717, 1.165) is 9.13 Å². The Morgan fingerprint density at radius 2 is 1.83 bits per heavy atom. The molecule has 9 heteroatoms. The van der Waals surface area contributed by atoms with Crippen molar-refractivity contribution < 1.29 is 49.3 Å². The smallest absolute Gasteiger partial charge is 0.872 e. The third-order valence-corrected chi connectivity index (χ3v) is 6.19. The minimum atomic E-state index is -1.04. The largest absolute Gasteiger partial charge is 1.00 e. The van der Waals surface area contributed by atoms with Crippen LogP contribution in [0.2, 0.25) is 0 Å². The van der Waals surface area contributed by atoms with Gasteiger partial charge in [-0.05, 0) is 75.0 Å². The number of rotatable bonds is 5. The van der Waals surface area contributed by atoms with E-state index in [1.165, 1.54) is 6.07 Å². The van der Waals surface area contributed by atoms with Crippen molar-refractivity contribution in [3.63, 3.8) is 0 Å². The van der Waals surface area contributed by atoms with Gasteiger partial charge in [0.25, 0.3) is 0 Å². The number of hydrogen-bond donors (Lipinski definition) is 2. The van der Waals surface area contributed by atoms with Gasteiger partial charge in [-0.3, -0.25) is 4.79 Å². The van der Waals surface area contributed by atoms with Crippen LogP contribution in [0.15, 0.2) is 36.4 Å². The van der Waals surface area contributed by atoms with Crippen LogP contribution in [0.25, 0.3) is 0 Å². The van der Waals surface area contributed by atoms with Crippen LogP contribution in [0.4, 0.5) is 0 Å². The van der Waals surface area contributed by atoms with Crippen LogP contribution in [0.5, 0.6) is 17.2 Å². The number of carboxylic acid groups (broad SMARTS) is 1. The Morgan fingerprint density at radius 1 is 1.17 bits per heavy atom. The van der Waals surface area contributed by atoms with Crippen LogP contribution < -0.4 is 45.1 Å². The van der Waals surface area contributed by atoms with E-state index in [9.17, 15) is 9.90 Å². The van der Waals surface area contributed by atoms with E-state index in [-0.39, 0.29) is 39.2 Å². The van der Waals surface area contributed by atoms with Crippen molar-refractivity contribution >= 4 is 73.7 Å². The molecule has 0 unspecified atom stereocenters. The van der Waals surface area contributed by atoms with Gasteiger partial charge in [0, 0.05) is 3.57 Å². The van der Waals surface area contributed by atoms with Gasteiger partial charge in [-0.1, -0.05) is 40.5 Å². The number of benzene rings is 2. The molecule has 5 nitrogen and oxygen atoms in total. The van der Waals surface area contributed by atoms with E-state index in [2.05, 4.69) is 22.6 Å². The first kappa shape index (κ1) is 22.7. The number of halogens is 3. The van der Waals surface area contributed by atoms with Crippen LogP contribution in [0.1, 0.15) is 9.49 Å². The van der Waals surface area contributed by atoms with Crippen molar-refractivity contribution in [2.45, 2.75) is 9.97 Å². The van der Waals surface area contributed by atoms with Gasteiger partial charge in [0.2, 0.25) is 0 Å². The molecule has 2 atom stereocenters. The molecule has 2 aromatic rings. The molecule has 3 N–H and O–H groups in total. The van der Waals surface area contributed by atoms with E-state index >= 15 is 0 Å². The molecule has 0 heterocycles. The summed E-state index contributed by atoms with van der Waals surface area (Å²) in [5.41, 5.74) is 6.48. The zero-order chi connectivity index (χ0) is 17.1. The Kier molecular flexibility index (Phi) is 9.57. The molecule has 0 aliphatic rings. The van der Waals surface area contributed by atoms with Crippen LogP contribution >= 0.6 is 67.8 Å². The summed E-state index contributed by atoms with van der Waals surface area (Å²) in [5.74, 6) is 0.134. The predicted octanol–water partition coefficient (Wildman–Crippen LogP) is 0.654. The number of aliphatic carboxylic acids is 1. The molecule has 0 radical (unpaired) electrons. The van der Waals surface area contributed by atoms with Crippen molar-refractivity contribution in [2.24, 2.45) is 5.73 Å². The maximum absolute atomic E-state index is 11.4. The fourth-order valence-electron chi connectivity index (χ4n) is 1.78. The molecule has 0 aliphatic heterocycles. The van der Waals surface area contributed by atoms with Crippen molar-refractivity contribution in [3.8, 4) is 17.2 Å². The standard InChI is InChI=1S/C15H12I3NO4.Na/c16-9-6-8(2-3-11(9)20)23-12-4-1-7(5-10(12)17)13(18)14(19)15(21)22;/h1-6,13-14,20H,19H2,(H,21,22);/q;+1/p-1/t13-,14+;/m0./s1. The van der Waals surface area contributed by atoms with E-state index < -0.39 is 12.0 Å². The van der Waals surface area contributed by atoms with Crippen molar-refractivity contribution in [3.05, 3.63) is 49.1 Å². The van der Waals surface area contributed by atoms with Crippen LogP contribution in [-0.4, -0.2) is 17.1 Å². The fourth-order valence-corrected chi connectivity index (χ4v) is 3.61. The minimum absolute atomic E-state index is 0. The van der Waals surface area contributed by atoms with Crippen LogP contribution in [0, 0.1) is 7.14 Å². The second-order valence-corrected chi connectivity index (χ2v) is 8.32. The molecule has 2 aromatic carbocycles. The Balaban J connectivity index is 0.00000288. The SMILES string of the molecule is N[C@@H](C(=O)O)[C@@H](I)c1ccc(Oc2ccc([O-])c(I)c2)c(I)c1.[Na+]. The van der Waals surface area contributed by atoms with Crippen LogP contribution in [-0.2, 0) is 4.79 Å². The summed E-state index contributed by atoms with van der Waals surface area (Å²) >= 11 is 6.11. The second kappa shape index (κ2) is 10.1. The summed E-state index contributed by atoms with van der Waals surface area (Å²) in [6.45, 7) is 0. The molecule has 0 aliphatic carbocycles. The average molecular weight is 673 g/mol. The van der Waals surface area contributed by atoms with Gasteiger partial charge >= 0.3 is 35.5 Å². The number of ether oxygens (including phenoxy) is 1. The first-order valence-electron chi connectivity index (χ1n) is 6.36. The van der Waals surface area contributed by atoms with Gasteiger partial charge in [-0.25, -0.2) is 0 Å². The maximum atomic E-state index is 11.4. The minimum Gasteiger partial charge on any atom is -0.872 e. The number of alkyl halides is 1. The summed E-state index contributed by atoms with van der Waals surface area (Å²) in [5, 5.41) is 20.4. The molecule has 0 spiro atoms. The summed E-state index contributed by atoms with van der Waals surface area (Å²) < 4.78 is 6.87. The third kappa shape index (κ3) is 5.84. The third-order valence-electron chi connectivity index (χ3n) is 3.01. The maximum Gasteiger partial charge on any atom is 1.00 e. The number of nitrogens with two attached hydrogens (primary N) is 1. The fraction of sp³-hybridized carbons (Fsp3) is 0.133. The van der Waals surface area contributed by atoms with Gasteiger partial charge in [-0.2, -0.15) is 0 Å². The van der Waals surface area contributed by atoms with Gasteiger partial charge in [0.1, 0.15) is 17.5 Å². The zero-order valence-electron chi connectivity index (χ0n) is 12.5. The topological polar surface area (TPSA) is 95.6 Å². The Hall–Kier alpha value is 0.660. The van der Waals surface area contributed by atoms with Gasteiger partial charge in [0.05, 0.1) is 7.49 Å². The quantitative estimate of drug-likeness (QED) is 0.277. The molecule has 0 bridgehead atoms. The average Bonchev–Trinajstić information content (AvgIpc) is 2.51.